The Balaban J connectivity index is 2.27. The number of hydrogen-bond acceptors (Lipinski definition) is 2. The lowest BCUT2D eigenvalue weighted by atomic mass is 10.1. The van der Waals surface area contributed by atoms with Crippen LogP contribution in [0.1, 0.15) is 117 Å². The SMILES string of the molecule is CCCCCCCCCC(=O)Nc1ccccc1NC(=O)CCCCCCCCC. The summed E-state index contributed by atoms with van der Waals surface area (Å²) in [5.74, 6) is 0.0506. The van der Waals surface area contributed by atoms with Gasteiger partial charge in [-0.1, -0.05) is 103 Å². The van der Waals surface area contributed by atoms with Crippen molar-refractivity contribution in [3.63, 3.8) is 0 Å². The lowest BCUT2D eigenvalue weighted by Crippen LogP contribution is -2.16. The maximum absolute atomic E-state index is 12.3. The Morgan fingerprint density at radius 1 is 0.567 bits per heavy atom. The Morgan fingerprint density at radius 3 is 1.27 bits per heavy atom. The molecule has 4 nitrogen and oxygen atoms in total. The highest BCUT2D eigenvalue weighted by molar-refractivity contribution is 5.99. The van der Waals surface area contributed by atoms with Gasteiger partial charge in [0.2, 0.25) is 11.8 Å². The number of amides is 2. The molecule has 0 aromatic heterocycles. The highest BCUT2D eigenvalue weighted by Crippen LogP contribution is 2.22. The number of carbonyl (C=O) groups is 2. The molecule has 1 rings (SSSR count). The van der Waals surface area contributed by atoms with Crippen LogP contribution in [0.5, 0.6) is 0 Å². The molecule has 0 heterocycles. The third-order valence-corrected chi connectivity index (χ3v) is 5.49. The Hall–Kier alpha value is -1.84. The summed E-state index contributed by atoms with van der Waals surface area (Å²) in [4.78, 5) is 24.6. The highest BCUT2D eigenvalue weighted by Gasteiger charge is 2.09. The van der Waals surface area contributed by atoms with Gasteiger partial charge in [-0.2, -0.15) is 0 Å². The molecule has 1 aromatic carbocycles. The van der Waals surface area contributed by atoms with Gasteiger partial charge in [0, 0.05) is 12.8 Å². The van der Waals surface area contributed by atoms with Crippen molar-refractivity contribution >= 4 is 23.2 Å². The molecule has 0 aliphatic carbocycles. The predicted octanol–water partition coefficient (Wildman–Crippen LogP) is 7.85. The molecule has 1 aromatic rings. The van der Waals surface area contributed by atoms with Gasteiger partial charge in [0.15, 0.2) is 0 Å². The first-order chi connectivity index (χ1) is 14.7. The molecular formula is C26H44N2O2. The molecule has 0 aliphatic heterocycles. The quantitative estimate of drug-likeness (QED) is 0.239. The molecule has 0 unspecified atom stereocenters. The standard InChI is InChI=1S/C26H44N2O2/c1-3-5-7-9-11-13-15-21-25(29)27-23-19-17-18-20-24(23)28-26(30)22-16-14-12-10-8-6-4-2/h17-20H,3-16,21-22H2,1-2H3,(H,27,29)(H,28,30). The zero-order valence-electron chi connectivity index (χ0n) is 19.4. The summed E-state index contributed by atoms with van der Waals surface area (Å²) in [6.07, 6.45) is 17.8. The smallest absolute Gasteiger partial charge is 0.224 e. The van der Waals surface area contributed by atoms with Crippen LogP contribution in [0.2, 0.25) is 0 Å². The van der Waals surface area contributed by atoms with Crippen molar-refractivity contribution in [2.45, 2.75) is 117 Å². The highest BCUT2D eigenvalue weighted by atomic mass is 16.2. The first-order valence-electron chi connectivity index (χ1n) is 12.4. The number of anilines is 2. The van der Waals surface area contributed by atoms with Crippen LogP contribution in [-0.4, -0.2) is 11.8 Å². The number of benzene rings is 1. The average Bonchev–Trinajstić information content (AvgIpc) is 2.74. The maximum Gasteiger partial charge on any atom is 0.224 e. The molecule has 0 spiro atoms. The Bertz CT molecular complexity index is 535. The fourth-order valence-corrected chi connectivity index (χ4v) is 3.61. The Kier molecular flexibility index (Phi) is 15.7. The number of nitrogens with one attached hydrogen (secondary N) is 2. The lowest BCUT2D eigenvalue weighted by Gasteiger charge is -2.12. The molecule has 2 N–H and O–H groups in total. The summed E-state index contributed by atoms with van der Waals surface area (Å²) in [6, 6.07) is 7.47. The van der Waals surface area contributed by atoms with Crippen molar-refractivity contribution in [3.8, 4) is 0 Å². The van der Waals surface area contributed by atoms with Crippen LogP contribution in [0.15, 0.2) is 24.3 Å². The van der Waals surface area contributed by atoms with E-state index in [4.69, 9.17) is 0 Å². The molecule has 170 valence electrons. The first kappa shape index (κ1) is 26.2. The molecule has 0 fully saturated rings. The minimum Gasteiger partial charge on any atom is -0.324 e. The van der Waals surface area contributed by atoms with Gasteiger partial charge >= 0.3 is 0 Å². The Labute approximate surface area is 184 Å². The zero-order valence-corrected chi connectivity index (χ0v) is 19.4. The van der Waals surface area contributed by atoms with Gasteiger partial charge in [-0.25, -0.2) is 0 Å². The molecule has 0 saturated heterocycles. The van der Waals surface area contributed by atoms with E-state index in [9.17, 15) is 9.59 Å². The minimum atomic E-state index is 0.0253. The number of rotatable bonds is 18. The van der Waals surface area contributed by atoms with E-state index in [-0.39, 0.29) is 11.8 Å². The third kappa shape index (κ3) is 13.4. The van der Waals surface area contributed by atoms with E-state index in [1.165, 1.54) is 64.2 Å². The van der Waals surface area contributed by atoms with Crippen LogP contribution < -0.4 is 10.6 Å². The summed E-state index contributed by atoms with van der Waals surface area (Å²) < 4.78 is 0. The van der Waals surface area contributed by atoms with Gasteiger partial charge in [-0.05, 0) is 25.0 Å². The second-order valence-electron chi connectivity index (χ2n) is 8.38. The van der Waals surface area contributed by atoms with Crippen molar-refractivity contribution in [1.29, 1.82) is 0 Å². The van der Waals surface area contributed by atoms with Crippen molar-refractivity contribution < 1.29 is 9.59 Å². The first-order valence-corrected chi connectivity index (χ1v) is 12.4. The van der Waals surface area contributed by atoms with Gasteiger partial charge < -0.3 is 10.6 Å². The van der Waals surface area contributed by atoms with E-state index in [0.717, 1.165) is 25.7 Å². The summed E-state index contributed by atoms with van der Waals surface area (Å²) in [5, 5.41) is 5.94. The summed E-state index contributed by atoms with van der Waals surface area (Å²) in [5.41, 5.74) is 1.39. The Morgan fingerprint density at radius 2 is 0.900 bits per heavy atom. The maximum atomic E-state index is 12.3. The molecule has 2 amide bonds. The summed E-state index contributed by atoms with van der Waals surface area (Å²) >= 11 is 0. The van der Waals surface area contributed by atoms with E-state index in [2.05, 4.69) is 24.5 Å². The lowest BCUT2D eigenvalue weighted by molar-refractivity contribution is -0.117. The van der Waals surface area contributed by atoms with Crippen molar-refractivity contribution in [2.75, 3.05) is 10.6 Å². The second-order valence-corrected chi connectivity index (χ2v) is 8.38. The van der Waals surface area contributed by atoms with Crippen LogP contribution in [-0.2, 0) is 9.59 Å². The number of unbranched alkanes of at least 4 members (excludes halogenated alkanes) is 12. The van der Waals surface area contributed by atoms with Gasteiger partial charge in [0.1, 0.15) is 0 Å². The van der Waals surface area contributed by atoms with E-state index < -0.39 is 0 Å². The van der Waals surface area contributed by atoms with E-state index in [1.807, 2.05) is 24.3 Å². The second kappa shape index (κ2) is 18.0. The van der Waals surface area contributed by atoms with E-state index in [0.29, 0.717) is 24.2 Å². The van der Waals surface area contributed by atoms with Gasteiger partial charge in [0.25, 0.3) is 0 Å². The number of hydrogen-bond donors (Lipinski definition) is 2. The van der Waals surface area contributed by atoms with Crippen molar-refractivity contribution in [1.82, 2.24) is 0 Å². The molecular weight excluding hydrogens is 372 g/mol. The van der Waals surface area contributed by atoms with Gasteiger partial charge in [0.05, 0.1) is 11.4 Å². The van der Waals surface area contributed by atoms with Crippen LogP contribution in [0.4, 0.5) is 11.4 Å². The fourth-order valence-electron chi connectivity index (χ4n) is 3.61. The number of carbonyl (C=O) groups excluding carboxylic acids is 2. The monoisotopic (exact) mass is 416 g/mol. The molecule has 0 atom stereocenters. The molecule has 30 heavy (non-hydrogen) atoms. The third-order valence-electron chi connectivity index (χ3n) is 5.49. The predicted molar refractivity (Wildman–Crippen MR) is 129 cm³/mol. The van der Waals surface area contributed by atoms with Crippen LogP contribution >= 0.6 is 0 Å². The zero-order chi connectivity index (χ0) is 21.9. The summed E-state index contributed by atoms with van der Waals surface area (Å²) in [6.45, 7) is 4.44. The van der Waals surface area contributed by atoms with Crippen LogP contribution in [0.3, 0.4) is 0 Å². The van der Waals surface area contributed by atoms with E-state index in [1.54, 1.807) is 0 Å². The normalized spacial score (nSPS) is 10.7. The topological polar surface area (TPSA) is 58.2 Å². The van der Waals surface area contributed by atoms with Gasteiger partial charge in [-0.15, -0.1) is 0 Å². The minimum absolute atomic E-state index is 0.0253. The molecule has 4 heteroatoms. The van der Waals surface area contributed by atoms with Gasteiger partial charge in [-0.3, -0.25) is 9.59 Å². The van der Waals surface area contributed by atoms with Crippen LogP contribution in [0.25, 0.3) is 0 Å². The van der Waals surface area contributed by atoms with E-state index >= 15 is 0 Å². The molecule has 0 aliphatic rings. The molecule has 0 saturated carbocycles. The fraction of sp³-hybridized carbons (Fsp3) is 0.692. The number of para-hydroxylation sites is 2. The largest absolute Gasteiger partial charge is 0.324 e. The van der Waals surface area contributed by atoms with Crippen molar-refractivity contribution in [3.05, 3.63) is 24.3 Å². The van der Waals surface area contributed by atoms with Crippen LogP contribution in [0, 0.1) is 0 Å². The molecule has 0 bridgehead atoms. The van der Waals surface area contributed by atoms with Crippen molar-refractivity contribution in [2.24, 2.45) is 0 Å². The molecule has 0 radical (unpaired) electrons. The average molecular weight is 417 g/mol. The summed E-state index contributed by atoms with van der Waals surface area (Å²) in [7, 11) is 0.